The number of aromatic nitrogens is 1. The fourth-order valence-electron chi connectivity index (χ4n) is 1.09. The highest BCUT2D eigenvalue weighted by Gasteiger charge is 1.93. The number of thioether (sulfide) groups is 1. The smallest absolute Gasteiger partial charge is 0.0544 e. The molecule has 1 aromatic rings. The van der Waals surface area contributed by atoms with E-state index in [1.807, 2.05) is 30.8 Å². The molecule has 13 heavy (non-hydrogen) atoms. The van der Waals surface area contributed by atoms with Gasteiger partial charge in [0.15, 0.2) is 0 Å². The Bertz CT molecular complexity index is 250. The second kappa shape index (κ2) is 6.00. The lowest BCUT2D eigenvalue weighted by atomic mass is 10.3. The van der Waals surface area contributed by atoms with Crippen LogP contribution in [0.4, 0.5) is 0 Å². The monoisotopic (exact) mass is 196 g/mol. The van der Waals surface area contributed by atoms with Crippen molar-refractivity contribution in [3.63, 3.8) is 0 Å². The number of hydrogen-bond acceptors (Lipinski definition) is 3. The lowest BCUT2D eigenvalue weighted by Gasteiger charge is -2.03. The van der Waals surface area contributed by atoms with Gasteiger partial charge in [0.25, 0.3) is 0 Å². The Morgan fingerprint density at radius 3 is 3.00 bits per heavy atom. The Morgan fingerprint density at radius 2 is 2.31 bits per heavy atom. The third kappa shape index (κ3) is 4.29. The van der Waals surface area contributed by atoms with E-state index in [4.69, 9.17) is 0 Å². The van der Waals surface area contributed by atoms with E-state index in [-0.39, 0.29) is 0 Å². The highest BCUT2D eigenvalue weighted by atomic mass is 32.2. The van der Waals surface area contributed by atoms with E-state index in [9.17, 15) is 0 Å². The SMILES string of the molecule is CSCCNCc1cccc(C)n1. The number of nitrogens with one attached hydrogen (secondary N) is 1. The van der Waals surface area contributed by atoms with Crippen molar-refractivity contribution in [2.45, 2.75) is 13.5 Å². The summed E-state index contributed by atoms with van der Waals surface area (Å²) >= 11 is 1.86. The molecule has 0 bridgehead atoms. The van der Waals surface area contributed by atoms with E-state index in [0.29, 0.717) is 0 Å². The van der Waals surface area contributed by atoms with Crippen molar-refractivity contribution in [3.05, 3.63) is 29.6 Å². The maximum atomic E-state index is 4.40. The van der Waals surface area contributed by atoms with E-state index in [1.54, 1.807) is 0 Å². The van der Waals surface area contributed by atoms with Crippen LogP contribution in [0.3, 0.4) is 0 Å². The predicted molar refractivity (Wildman–Crippen MR) is 59.1 cm³/mol. The van der Waals surface area contributed by atoms with Crippen molar-refractivity contribution < 1.29 is 0 Å². The van der Waals surface area contributed by atoms with Crippen molar-refractivity contribution in [1.29, 1.82) is 0 Å². The molecule has 1 aromatic heterocycles. The van der Waals surface area contributed by atoms with Gasteiger partial charge in [0.2, 0.25) is 0 Å². The Morgan fingerprint density at radius 1 is 1.46 bits per heavy atom. The zero-order valence-electron chi connectivity index (χ0n) is 8.21. The highest BCUT2D eigenvalue weighted by molar-refractivity contribution is 7.98. The van der Waals surface area contributed by atoms with E-state index < -0.39 is 0 Å². The number of hydrogen-bond donors (Lipinski definition) is 1. The molecule has 0 radical (unpaired) electrons. The van der Waals surface area contributed by atoms with E-state index in [2.05, 4.69) is 22.6 Å². The summed E-state index contributed by atoms with van der Waals surface area (Å²) < 4.78 is 0. The van der Waals surface area contributed by atoms with Gasteiger partial charge in [-0.15, -0.1) is 0 Å². The van der Waals surface area contributed by atoms with Crippen LogP contribution in [-0.2, 0) is 6.54 Å². The van der Waals surface area contributed by atoms with Crippen LogP contribution in [0.2, 0.25) is 0 Å². The van der Waals surface area contributed by atoms with Crippen LogP contribution in [0, 0.1) is 6.92 Å². The first-order valence-corrected chi connectivity index (χ1v) is 5.84. The van der Waals surface area contributed by atoms with Crippen LogP contribution in [0.25, 0.3) is 0 Å². The minimum atomic E-state index is 0.877. The molecular formula is C10H16N2S. The quantitative estimate of drug-likeness (QED) is 0.727. The molecular weight excluding hydrogens is 180 g/mol. The van der Waals surface area contributed by atoms with Gasteiger partial charge in [-0.3, -0.25) is 4.98 Å². The van der Waals surface area contributed by atoms with Crippen LogP contribution >= 0.6 is 11.8 Å². The summed E-state index contributed by atoms with van der Waals surface area (Å²) in [5.41, 5.74) is 2.21. The summed E-state index contributed by atoms with van der Waals surface area (Å²) in [5.74, 6) is 1.16. The second-order valence-corrected chi connectivity index (χ2v) is 3.93. The molecule has 3 heteroatoms. The second-order valence-electron chi connectivity index (χ2n) is 2.94. The van der Waals surface area contributed by atoms with Gasteiger partial charge in [0.05, 0.1) is 5.69 Å². The molecule has 0 aliphatic carbocycles. The Balaban J connectivity index is 2.28. The van der Waals surface area contributed by atoms with E-state index in [1.165, 1.54) is 0 Å². The zero-order chi connectivity index (χ0) is 9.52. The van der Waals surface area contributed by atoms with Crippen LogP contribution < -0.4 is 5.32 Å². The largest absolute Gasteiger partial charge is 0.310 e. The molecule has 1 heterocycles. The van der Waals surface area contributed by atoms with Gasteiger partial charge < -0.3 is 5.32 Å². The molecule has 0 saturated carbocycles. The van der Waals surface area contributed by atoms with Crippen molar-refractivity contribution in [2.75, 3.05) is 18.6 Å². The Hall–Kier alpha value is -0.540. The number of nitrogens with zero attached hydrogens (tertiary/aromatic N) is 1. The summed E-state index contributed by atoms with van der Waals surface area (Å²) in [6.45, 7) is 3.95. The van der Waals surface area contributed by atoms with Gasteiger partial charge in [-0.25, -0.2) is 0 Å². The third-order valence-corrected chi connectivity index (χ3v) is 2.35. The first-order valence-electron chi connectivity index (χ1n) is 4.45. The van der Waals surface area contributed by atoms with Crippen LogP contribution in [-0.4, -0.2) is 23.5 Å². The van der Waals surface area contributed by atoms with Gasteiger partial charge in [-0.05, 0) is 25.3 Å². The van der Waals surface area contributed by atoms with Gasteiger partial charge in [0.1, 0.15) is 0 Å². The topological polar surface area (TPSA) is 24.9 Å². The van der Waals surface area contributed by atoms with Gasteiger partial charge in [-0.2, -0.15) is 11.8 Å². The van der Waals surface area contributed by atoms with Crippen molar-refractivity contribution in [3.8, 4) is 0 Å². The van der Waals surface area contributed by atoms with Crippen LogP contribution in [0.15, 0.2) is 18.2 Å². The molecule has 0 atom stereocenters. The van der Waals surface area contributed by atoms with E-state index in [0.717, 1.165) is 30.2 Å². The molecule has 0 unspecified atom stereocenters. The molecule has 0 amide bonds. The van der Waals surface area contributed by atoms with Gasteiger partial charge in [0, 0.05) is 24.5 Å². The number of pyridine rings is 1. The molecule has 0 aliphatic rings. The fraction of sp³-hybridized carbons (Fsp3) is 0.500. The minimum Gasteiger partial charge on any atom is -0.310 e. The molecule has 0 spiro atoms. The summed E-state index contributed by atoms with van der Waals surface area (Å²) in [6, 6.07) is 6.12. The summed E-state index contributed by atoms with van der Waals surface area (Å²) in [5, 5.41) is 3.35. The summed E-state index contributed by atoms with van der Waals surface area (Å²) in [6.07, 6.45) is 2.12. The maximum Gasteiger partial charge on any atom is 0.0544 e. The standard InChI is InChI=1S/C10H16N2S/c1-9-4-3-5-10(12-9)8-11-6-7-13-2/h3-5,11H,6-8H2,1-2H3. The summed E-state index contributed by atoms with van der Waals surface area (Å²) in [4.78, 5) is 4.40. The summed E-state index contributed by atoms with van der Waals surface area (Å²) in [7, 11) is 0. The van der Waals surface area contributed by atoms with Crippen molar-refractivity contribution in [2.24, 2.45) is 0 Å². The molecule has 0 aromatic carbocycles. The maximum absolute atomic E-state index is 4.40. The fourth-order valence-corrected chi connectivity index (χ4v) is 1.44. The highest BCUT2D eigenvalue weighted by Crippen LogP contribution is 1.97. The molecule has 0 saturated heterocycles. The van der Waals surface area contributed by atoms with Gasteiger partial charge in [-0.1, -0.05) is 6.07 Å². The van der Waals surface area contributed by atoms with Crippen LogP contribution in [0.1, 0.15) is 11.4 Å². The first kappa shape index (κ1) is 10.5. The average molecular weight is 196 g/mol. The van der Waals surface area contributed by atoms with Crippen molar-refractivity contribution in [1.82, 2.24) is 10.3 Å². The number of rotatable bonds is 5. The lowest BCUT2D eigenvalue weighted by Crippen LogP contribution is -2.17. The Kier molecular flexibility index (Phi) is 4.86. The zero-order valence-corrected chi connectivity index (χ0v) is 9.03. The molecule has 1 N–H and O–H groups in total. The predicted octanol–water partition coefficient (Wildman–Crippen LogP) is 1.84. The molecule has 0 fully saturated rings. The molecule has 72 valence electrons. The Labute approximate surface area is 84.1 Å². The van der Waals surface area contributed by atoms with Gasteiger partial charge >= 0.3 is 0 Å². The van der Waals surface area contributed by atoms with E-state index >= 15 is 0 Å². The lowest BCUT2D eigenvalue weighted by molar-refractivity contribution is 0.713. The third-order valence-electron chi connectivity index (χ3n) is 1.74. The molecule has 2 nitrogen and oxygen atoms in total. The average Bonchev–Trinajstić information content (AvgIpc) is 2.13. The van der Waals surface area contributed by atoms with Crippen LogP contribution in [0.5, 0.6) is 0 Å². The number of aryl methyl sites for hydroxylation is 1. The van der Waals surface area contributed by atoms with Crippen molar-refractivity contribution >= 4 is 11.8 Å². The normalized spacial score (nSPS) is 10.3. The molecule has 1 rings (SSSR count). The molecule has 0 aliphatic heterocycles. The first-order chi connectivity index (χ1) is 6.33. The minimum absolute atomic E-state index is 0.877.